The van der Waals surface area contributed by atoms with Crippen LogP contribution in [0.2, 0.25) is 0 Å². The van der Waals surface area contributed by atoms with Crippen LogP contribution in [0.15, 0.2) is 36.6 Å². The van der Waals surface area contributed by atoms with Crippen molar-refractivity contribution in [2.24, 2.45) is 0 Å². The van der Waals surface area contributed by atoms with Gasteiger partial charge in [-0.05, 0) is 18.1 Å². The predicted molar refractivity (Wildman–Crippen MR) is 46.8 cm³/mol. The van der Waals surface area contributed by atoms with Crippen molar-refractivity contribution in [1.82, 2.24) is 5.32 Å². The molecule has 0 aliphatic heterocycles. The molecule has 0 aromatic heterocycles. The van der Waals surface area contributed by atoms with Crippen LogP contribution in [0, 0.1) is 0 Å². The van der Waals surface area contributed by atoms with Crippen LogP contribution in [-0.4, -0.2) is 7.05 Å². The molecule has 0 saturated carbocycles. The summed E-state index contributed by atoms with van der Waals surface area (Å²) in [5, 5.41) is 3.04. The van der Waals surface area contributed by atoms with Crippen molar-refractivity contribution in [1.29, 1.82) is 0 Å². The van der Waals surface area contributed by atoms with Gasteiger partial charge in [-0.2, -0.15) is 0 Å². The molecule has 0 rings (SSSR count). The van der Waals surface area contributed by atoms with E-state index in [4.69, 9.17) is 0 Å². The summed E-state index contributed by atoms with van der Waals surface area (Å²) in [6.07, 6.45) is 4.65. The van der Waals surface area contributed by atoms with Crippen LogP contribution in [0.5, 0.6) is 0 Å². The van der Waals surface area contributed by atoms with Crippen molar-refractivity contribution < 1.29 is 0 Å². The summed E-state index contributed by atoms with van der Waals surface area (Å²) in [6, 6.07) is 0. The molecule has 0 radical (unpaired) electrons. The van der Waals surface area contributed by atoms with Gasteiger partial charge in [0.2, 0.25) is 0 Å². The van der Waals surface area contributed by atoms with Gasteiger partial charge in [-0.15, -0.1) is 0 Å². The molecule has 0 aromatic rings. The summed E-state index contributed by atoms with van der Waals surface area (Å²) in [6.45, 7) is 9.48. The second kappa shape index (κ2) is 4.86. The molecule has 10 heavy (non-hydrogen) atoms. The molecule has 1 nitrogen and oxygen atoms in total. The van der Waals surface area contributed by atoms with Gasteiger partial charge in [-0.3, -0.25) is 0 Å². The predicted octanol–water partition coefficient (Wildman–Crippen LogP) is 2.24. The van der Waals surface area contributed by atoms with E-state index in [1.54, 1.807) is 6.08 Å². The number of likely N-dealkylation sites (N-methyl/N-ethyl adjacent to an activating group) is 1. The summed E-state index contributed by atoms with van der Waals surface area (Å²) in [5.41, 5.74) is 2.27. The van der Waals surface area contributed by atoms with Crippen LogP contribution >= 0.6 is 0 Å². The maximum absolute atomic E-state index is 3.70. The number of rotatable bonds is 4. The molecule has 1 heteroatoms. The highest BCUT2D eigenvalue weighted by Crippen LogP contribution is 2.06. The molecule has 56 valence electrons. The summed E-state index contributed by atoms with van der Waals surface area (Å²) < 4.78 is 0. The summed E-state index contributed by atoms with van der Waals surface area (Å²) in [7, 11) is 1.89. The van der Waals surface area contributed by atoms with Crippen molar-refractivity contribution in [2.45, 2.75) is 13.3 Å². The fraction of sp³-hybridized carbons (Fsp3) is 0.333. The largest absolute Gasteiger partial charge is 0.388 e. The van der Waals surface area contributed by atoms with Gasteiger partial charge >= 0.3 is 0 Å². The third-order valence-electron chi connectivity index (χ3n) is 1.45. The molecule has 0 fully saturated rings. The molecule has 1 N–H and O–H groups in total. The lowest BCUT2D eigenvalue weighted by Gasteiger charge is -2.04. The van der Waals surface area contributed by atoms with Gasteiger partial charge in [-0.25, -0.2) is 0 Å². The monoisotopic (exact) mass is 137 g/mol. The van der Waals surface area contributed by atoms with E-state index in [1.807, 2.05) is 13.1 Å². The van der Waals surface area contributed by atoms with Crippen LogP contribution in [0.4, 0.5) is 0 Å². The van der Waals surface area contributed by atoms with E-state index in [0.717, 1.165) is 12.1 Å². The summed E-state index contributed by atoms with van der Waals surface area (Å²) >= 11 is 0. The highest BCUT2D eigenvalue weighted by atomic mass is 14.8. The lowest BCUT2D eigenvalue weighted by Crippen LogP contribution is -2.05. The van der Waals surface area contributed by atoms with E-state index >= 15 is 0 Å². The molecular weight excluding hydrogens is 122 g/mol. The van der Waals surface area contributed by atoms with Crippen molar-refractivity contribution in [3.05, 3.63) is 36.6 Å². The van der Waals surface area contributed by atoms with Crippen LogP contribution in [0.25, 0.3) is 0 Å². The molecule has 0 aromatic carbocycles. The second-order valence-corrected chi connectivity index (χ2v) is 1.95. The first-order valence-electron chi connectivity index (χ1n) is 3.45. The average molecular weight is 137 g/mol. The van der Waals surface area contributed by atoms with Gasteiger partial charge in [-0.1, -0.05) is 26.2 Å². The minimum atomic E-state index is 0.992. The van der Waals surface area contributed by atoms with Crippen molar-refractivity contribution in [3.8, 4) is 0 Å². The van der Waals surface area contributed by atoms with Gasteiger partial charge in [0.15, 0.2) is 0 Å². The van der Waals surface area contributed by atoms with Crippen molar-refractivity contribution >= 4 is 0 Å². The smallest absolute Gasteiger partial charge is 0.0363 e. The first-order chi connectivity index (χ1) is 4.79. The molecule has 0 saturated heterocycles. The Morgan fingerprint density at radius 1 is 1.40 bits per heavy atom. The average Bonchev–Trinajstić information content (AvgIpc) is 2.00. The second-order valence-electron chi connectivity index (χ2n) is 1.95. The Labute approximate surface area is 63.1 Å². The van der Waals surface area contributed by atoms with Crippen molar-refractivity contribution in [2.75, 3.05) is 7.05 Å². The molecule has 0 unspecified atom stereocenters. The Balaban J connectivity index is 4.50. The van der Waals surface area contributed by atoms with Crippen LogP contribution in [0.3, 0.4) is 0 Å². The van der Waals surface area contributed by atoms with E-state index in [9.17, 15) is 0 Å². The van der Waals surface area contributed by atoms with Crippen LogP contribution < -0.4 is 5.32 Å². The standard InChI is InChI=1S/C9H15N/c1-5-8(6-2)9(7-3)10-4/h5,7,10H,1,3,6H2,2,4H3/b9-8-. The molecule has 0 spiro atoms. The zero-order chi connectivity index (χ0) is 7.98. The van der Waals surface area contributed by atoms with Gasteiger partial charge in [0, 0.05) is 12.7 Å². The fourth-order valence-corrected chi connectivity index (χ4v) is 0.838. The lowest BCUT2D eigenvalue weighted by atomic mass is 10.1. The van der Waals surface area contributed by atoms with Gasteiger partial charge < -0.3 is 5.32 Å². The van der Waals surface area contributed by atoms with E-state index in [1.165, 1.54) is 5.57 Å². The third-order valence-corrected chi connectivity index (χ3v) is 1.45. The third kappa shape index (κ3) is 2.09. The highest BCUT2D eigenvalue weighted by Gasteiger charge is 1.92. The minimum Gasteiger partial charge on any atom is -0.388 e. The highest BCUT2D eigenvalue weighted by molar-refractivity contribution is 5.29. The Hall–Kier alpha value is -0.980. The summed E-state index contributed by atoms with van der Waals surface area (Å²) in [5.74, 6) is 0. The van der Waals surface area contributed by atoms with Gasteiger partial charge in [0.25, 0.3) is 0 Å². The molecule has 0 aliphatic carbocycles. The number of nitrogens with one attached hydrogen (secondary N) is 1. The Bertz CT molecular complexity index is 136. The lowest BCUT2D eigenvalue weighted by molar-refractivity contribution is 0.979. The minimum absolute atomic E-state index is 0.992. The molecule has 0 amide bonds. The first-order valence-corrected chi connectivity index (χ1v) is 3.45. The Morgan fingerprint density at radius 3 is 2.10 bits per heavy atom. The quantitative estimate of drug-likeness (QED) is 0.586. The number of hydrogen-bond acceptors (Lipinski definition) is 1. The summed E-state index contributed by atoms with van der Waals surface area (Å²) in [4.78, 5) is 0. The molecule has 0 aliphatic rings. The Kier molecular flexibility index (Phi) is 4.38. The molecule has 0 heterocycles. The van der Waals surface area contributed by atoms with E-state index in [2.05, 4.69) is 25.4 Å². The van der Waals surface area contributed by atoms with Crippen LogP contribution in [-0.2, 0) is 0 Å². The Morgan fingerprint density at radius 2 is 2.00 bits per heavy atom. The zero-order valence-electron chi connectivity index (χ0n) is 6.78. The maximum Gasteiger partial charge on any atom is 0.0363 e. The van der Waals surface area contributed by atoms with Gasteiger partial charge in [0.05, 0.1) is 0 Å². The van der Waals surface area contributed by atoms with Gasteiger partial charge in [0.1, 0.15) is 0 Å². The van der Waals surface area contributed by atoms with Crippen LogP contribution in [0.1, 0.15) is 13.3 Å². The SMILES string of the molecule is C=C/C(CC)=C(\C=C)NC. The fourth-order valence-electron chi connectivity index (χ4n) is 0.838. The molecule has 0 bridgehead atoms. The molecular formula is C9H15N. The van der Waals surface area contributed by atoms with E-state index < -0.39 is 0 Å². The van der Waals surface area contributed by atoms with E-state index in [-0.39, 0.29) is 0 Å². The van der Waals surface area contributed by atoms with Crippen molar-refractivity contribution in [3.63, 3.8) is 0 Å². The zero-order valence-corrected chi connectivity index (χ0v) is 6.78. The normalized spacial score (nSPS) is 11.8. The maximum atomic E-state index is 3.70. The number of hydrogen-bond donors (Lipinski definition) is 1. The first kappa shape index (κ1) is 9.02. The topological polar surface area (TPSA) is 12.0 Å². The number of allylic oxidation sites excluding steroid dienone is 3. The van der Waals surface area contributed by atoms with E-state index in [0.29, 0.717) is 0 Å². The molecule has 0 atom stereocenters.